The second kappa shape index (κ2) is 10.3. The summed E-state index contributed by atoms with van der Waals surface area (Å²) < 4.78 is 51.6. The molecule has 1 fully saturated rings. The van der Waals surface area contributed by atoms with Gasteiger partial charge in [0.05, 0.1) is 12.7 Å². The molecule has 0 spiro atoms. The number of phosphoric ester groups is 1. The lowest BCUT2D eigenvalue weighted by atomic mass is 10.2. The van der Waals surface area contributed by atoms with E-state index in [2.05, 4.69) is 23.4 Å². The number of phosphoric acid groups is 3. The number of aliphatic hydroxyl groups excluding tert-OH is 1. The van der Waals surface area contributed by atoms with Gasteiger partial charge in [0.1, 0.15) is 18.1 Å². The fourth-order valence-corrected chi connectivity index (χ4v) is 5.47. The van der Waals surface area contributed by atoms with Gasteiger partial charge in [-0.05, 0) is 6.07 Å². The van der Waals surface area contributed by atoms with Crippen molar-refractivity contribution in [1.29, 1.82) is 0 Å². The maximum atomic E-state index is 12.1. The van der Waals surface area contributed by atoms with E-state index >= 15 is 0 Å². The van der Waals surface area contributed by atoms with Crippen LogP contribution in [-0.2, 0) is 31.6 Å². The van der Waals surface area contributed by atoms with E-state index in [0.717, 1.165) is 4.57 Å². The van der Waals surface area contributed by atoms with Crippen LogP contribution in [0.2, 0.25) is 0 Å². The van der Waals surface area contributed by atoms with Crippen LogP contribution in [0.3, 0.4) is 0 Å². The van der Waals surface area contributed by atoms with Gasteiger partial charge >= 0.3 is 29.2 Å². The molecule has 20 heteroatoms. The zero-order valence-electron chi connectivity index (χ0n) is 15.5. The molecular weight excluding hydrogens is 489 g/mol. The minimum absolute atomic E-state index is 0.123. The van der Waals surface area contributed by atoms with E-state index in [9.17, 15) is 28.5 Å². The molecule has 1 aliphatic heterocycles. The normalized spacial score (nSPS) is 25.7. The molecule has 1 aromatic rings. The summed E-state index contributed by atoms with van der Waals surface area (Å²) in [5.74, 6) is 0.273. The maximum absolute atomic E-state index is 12.1. The largest absolute Gasteiger partial charge is 0.490 e. The smallest absolute Gasteiger partial charge is 0.390 e. The molecule has 0 bridgehead atoms. The lowest BCUT2D eigenvalue weighted by Gasteiger charge is -2.19. The third kappa shape index (κ3) is 8.44. The Balaban J connectivity index is 1.97. The number of anilines is 1. The molecule has 0 radical (unpaired) electrons. The number of nitrogens with one attached hydrogen (secondary N) is 1. The molecular formula is C11H21N4O13P3. The van der Waals surface area contributed by atoms with Gasteiger partial charge in [0.15, 0.2) is 0 Å². The lowest BCUT2D eigenvalue weighted by molar-refractivity contribution is -0.0449. The van der Waals surface area contributed by atoms with Crippen molar-refractivity contribution >= 4 is 29.3 Å². The molecule has 8 N–H and O–H groups in total. The van der Waals surface area contributed by atoms with Crippen molar-refractivity contribution in [3.05, 3.63) is 22.7 Å². The van der Waals surface area contributed by atoms with Crippen LogP contribution in [0.25, 0.3) is 0 Å². The number of nitrogens with zero attached hydrogens (tertiary/aromatic N) is 2. The Bertz CT molecular complexity index is 966. The van der Waals surface area contributed by atoms with Gasteiger partial charge in [0.2, 0.25) is 0 Å². The number of aliphatic hydroxyl groups is 1. The number of rotatable bonds is 11. The molecule has 0 saturated carbocycles. The molecule has 1 aliphatic rings. The molecule has 178 valence electrons. The van der Waals surface area contributed by atoms with Gasteiger partial charge in [-0.3, -0.25) is 9.09 Å². The number of nitrogens with two attached hydrogens (primary N) is 1. The summed E-state index contributed by atoms with van der Waals surface area (Å²) in [6.45, 7) is -0.141. The maximum Gasteiger partial charge on any atom is 0.490 e. The van der Waals surface area contributed by atoms with Crippen LogP contribution in [0.5, 0.6) is 0 Å². The summed E-state index contributed by atoms with van der Waals surface area (Å²) in [6, 6.07) is 1.46. The van der Waals surface area contributed by atoms with Crippen LogP contribution in [0.4, 0.5) is 5.82 Å². The first kappa shape index (κ1) is 26.2. The molecule has 2 unspecified atom stereocenters. The van der Waals surface area contributed by atoms with Crippen LogP contribution in [0.1, 0.15) is 12.6 Å². The van der Waals surface area contributed by atoms with Crippen LogP contribution in [-0.4, -0.2) is 66.1 Å². The van der Waals surface area contributed by atoms with E-state index in [1.54, 1.807) is 0 Å². The van der Waals surface area contributed by atoms with E-state index in [1.807, 2.05) is 0 Å². The van der Waals surface area contributed by atoms with Gasteiger partial charge in [-0.25, -0.2) is 18.5 Å². The highest BCUT2D eigenvalue weighted by molar-refractivity contribution is 7.66. The van der Waals surface area contributed by atoms with E-state index in [1.165, 1.54) is 12.3 Å². The van der Waals surface area contributed by atoms with Crippen LogP contribution < -0.4 is 16.7 Å². The quantitative estimate of drug-likeness (QED) is 0.169. The minimum atomic E-state index is -5.66. The van der Waals surface area contributed by atoms with Crippen molar-refractivity contribution in [2.45, 2.75) is 24.9 Å². The first-order chi connectivity index (χ1) is 14.2. The highest BCUT2D eigenvalue weighted by Crippen LogP contribution is 2.66. The highest BCUT2D eigenvalue weighted by Gasteiger charge is 2.42. The van der Waals surface area contributed by atoms with Crippen molar-refractivity contribution in [3.8, 4) is 0 Å². The van der Waals surface area contributed by atoms with Crippen molar-refractivity contribution < 1.29 is 56.3 Å². The zero-order valence-corrected chi connectivity index (χ0v) is 18.2. The lowest BCUT2D eigenvalue weighted by Crippen LogP contribution is -2.28. The molecule has 0 aliphatic carbocycles. The van der Waals surface area contributed by atoms with Gasteiger partial charge in [-0.1, -0.05) is 0 Å². The summed E-state index contributed by atoms with van der Waals surface area (Å²) in [7, 11) is -16.6. The molecule has 5 atom stereocenters. The summed E-state index contributed by atoms with van der Waals surface area (Å²) in [4.78, 5) is 51.4. The topological polar surface area (TPSA) is 262 Å². The SMILES string of the molecule is NCCNc1ccn([C@H]2C[C@H](O)[C@@H](COP(=O)(O)OP(=O)(O)OP(=O)(O)O)O2)c(=O)n1. The number of hydrogen-bond acceptors (Lipinski definition) is 12. The second-order valence-corrected chi connectivity index (χ2v) is 10.5. The summed E-state index contributed by atoms with van der Waals surface area (Å²) in [5, 5.41) is 12.9. The van der Waals surface area contributed by atoms with Crippen molar-refractivity contribution in [3.63, 3.8) is 0 Å². The van der Waals surface area contributed by atoms with Crippen LogP contribution >= 0.6 is 23.5 Å². The monoisotopic (exact) mass is 510 g/mol. The summed E-state index contributed by atoms with van der Waals surface area (Å²) in [6.07, 6.45) is -2.33. The fourth-order valence-electron chi connectivity index (χ4n) is 2.44. The molecule has 0 aromatic carbocycles. The molecule has 17 nitrogen and oxygen atoms in total. The van der Waals surface area contributed by atoms with E-state index < -0.39 is 54.2 Å². The Hall–Kier alpha value is -1.03. The Morgan fingerprint density at radius 2 is 1.90 bits per heavy atom. The predicted octanol–water partition coefficient (Wildman–Crippen LogP) is -1.39. The van der Waals surface area contributed by atoms with Crippen molar-refractivity contribution in [2.24, 2.45) is 5.73 Å². The van der Waals surface area contributed by atoms with Gasteiger partial charge in [0.25, 0.3) is 0 Å². The summed E-state index contributed by atoms with van der Waals surface area (Å²) >= 11 is 0. The van der Waals surface area contributed by atoms with Gasteiger partial charge in [-0.15, -0.1) is 0 Å². The van der Waals surface area contributed by atoms with E-state index in [4.69, 9.17) is 25.2 Å². The third-order valence-electron chi connectivity index (χ3n) is 3.61. The third-order valence-corrected chi connectivity index (χ3v) is 7.42. The number of aromatic nitrogens is 2. The zero-order chi connectivity index (χ0) is 23.4. The van der Waals surface area contributed by atoms with E-state index in [-0.39, 0.29) is 12.2 Å². The summed E-state index contributed by atoms with van der Waals surface area (Å²) in [5.41, 5.74) is 4.63. The molecule has 1 saturated heterocycles. The Morgan fingerprint density at radius 3 is 2.48 bits per heavy atom. The average molecular weight is 510 g/mol. The Labute approximate surface area is 174 Å². The standard InChI is InChI=1S/C11H21N4O13P3/c12-2-3-13-9-1-4-15(11(17)14-9)10-5-7(16)8(26-10)6-25-30(21,22)28-31(23,24)27-29(18,19)20/h1,4,7-8,10,16H,2-3,5-6,12H2,(H,21,22)(H,23,24)(H,13,14,17)(H2,18,19,20)/t7-,8+,10+/m0/s1. The fraction of sp³-hybridized carbons (Fsp3) is 0.636. The van der Waals surface area contributed by atoms with Crippen LogP contribution in [0, 0.1) is 0 Å². The molecule has 0 amide bonds. The minimum Gasteiger partial charge on any atom is -0.390 e. The first-order valence-corrected chi connectivity index (χ1v) is 12.9. The Morgan fingerprint density at radius 1 is 1.23 bits per heavy atom. The average Bonchev–Trinajstić information content (AvgIpc) is 2.95. The van der Waals surface area contributed by atoms with Crippen LogP contribution in [0.15, 0.2) is 17.1 Å². The second-order valence-electron chi connectivity index (χ2n) is 6.04. The number of ether oxygens (including phenoxy) is 1. The molecule has 2 heterocycles. The van der Waals surface area contributed by atoms with Crippen molar-refractivity contribution in [1.82, 2.24) is 9.55 Å². The van der Waals surface area contributed by atoms with Gasteiger partial charge in [-0.2, -0.15) is 13.6 Å². The molecule has 31 heavy (non-hydrogen) atoms. The predicted molar refractivity (Wildman–Crippen MR) is 100 cm³/mol. The van der Waals surface area contributed by atoms with E-state index in [0.29, 0.717) is 13.1 Å². The Kier molecular flexibility index (Phi) is 8.69. The van der Waals surface area contributed by atoms with Crippen molar-refractivity contribution in [2.75, 3.05) is 25.0 Å². The first-order valence-electron chi connectivity index (χ1n) is 8.36. The molecule has 1 aromatic heterocycles. The van der Waals surface area contributed by atoms with Gasteiger partial charge in [0, 0.05) is 25.7 Å². The highest BCUT2D eigenvalue weighted by atomic mass is 31.3. The number of hydrogen-bond donors (Lipinski definition) is 7. The molecule has 2 rings (SSSR count). The van der Waals surface area contributed by atoms with Gasteiger partial charge < -0.3 is 40.5 Å².